The number of nitrogens with two attached hydrogens (primary N) is 1. The second kappa shape index (κ2) is 7.51. The molecule has 2 aliphatic rings. The molecule has 3 rings (SSSR count). The number of carbonyl (C=O) groups excluding carboxylic acids is 1. The molecule has 0 atom stereocenters. The van der Waals surface area contributed by atoms with Crippen LogP contribution in [0, 0.1) is 0 Å². The summed E-state index contributed by atoms with van der Waals surface area (Å²) in [5.74, 6) is -0.106. The number of amides is 1. The monoisotopic (exact) mass is 383 g/mol. The summed E-state index contributed by atoms with van der Waals surface area (Å²) in [6.45, 7) is 1.92. The van der Waals surface area contributed by atoms with E-state index in [9.17, 15) is 13.2 Å². The van der Waals surface area contributed by atoms with E-state index in [4.69, 9.17) is 15.2 Å². The fraction of sp³-hybridized carbons (Fsp3) is 0.588. The Hall–Kier alpha value is -1.68. The van der Waals surface area contributed by atoms with Gasteiger partial charge in [0.25, 0.3) is 0 Å². The first-order valence-corrected chi connectivity index (χ1v) is 10.2. The lowest BCUT2D eigenvalue weighted by molar-refractivity contribution is -0.124. The van der Waals surface area contributed by atoms with E-state index in [1.54, 1.807) is 6.07 Å². The van der Waals surface area contributed by atoms with Gasteiger partial charge in [-0.25, -0.2) is 8.42 Å². The Morgan fingerprint density at radius 3 is 2.54 bits per heavy atom. The van der Waals surface area contributed by atoms with Crippen molar-refractivity contribution in [3.8, 4) is 5.75 Å². The molecule has 2 heterocycles. The molecule has 26 heavy (non-hydrogen) atoms. The highest BCUT2D eigenvalue weighted by Crippen LogP contribution is 2.31. The number of carbonyl (C=O) groups is 1. The molecule has 0 radical (unpaired) electrons. The van der Waals surface area contributed by atoms with E-state index in [1.807, 2.05) is 0 Å². The molecule has 0 spiro atoms. The number of hydrogen-bond donors (Lipinski definition) is 2. The number of nitrogens with one attached hydrogen (secondary N) is 1. The van der Waals surface area contributed by atoms with Crippen molar-refractivity contribution in [1.82, 2.24) is 4.31 Å². The standard InChI is InChI=1S/C17H25N3O5S/c1-24-14-12-13(19-16(21)17(18)6-10-25-11-7-17)4-5-15(14)26(22,23)20-8-2-3-9-20/h4-5,12H,2-3,6-11,18H2,1H3,(H,19,21). The van der Waals surface area contributed by atoms with Crippen LogP contribution in [0.1, 0.15) is 25.7 Å². The predicted octanol–water partition coefficient (Wildman–Crippen LogP) is 0.926. The molecule has 8 nitrogen and oxygen atoms in total. The minimum Gasteiger partial charge on any atom is -0.495 e. The van der Waals surface area contributed by atoms with Crippen molar-refractivity contribution in [2.45, 2.75) is 36.1 Å². The lowest BCUT2D eigenvalue weighted by Crippen LogP contribution is -2.54. The van der Waals surface area contributed by atoms with Crippen LogP contribution in [-0.2, 0) is 19.6 Å². The van der Waals surface area contributed by atoms with Crippen molar-refractivity contribution >= 4 is 21.6 Å². The largest absolute Gasteiger partial charge is 0.495 e. The van der Waals surface area contributed by atoms with Gasteiger partial charge in [-0.3, -0.25) is 4.79 Å². The van der Waals surface area contributed by atoms with E-state index in [0.717, 1.165) is 12.8 Å². The van der Waals surface area contributed by atoms with E-state index >= 15 is 0 Å². The van der Waals surface area contributed by atoms with Crippen molar-refractivity contribution in [3.63, 3.8) is 0 Å². The Bertz CT molecular complexity index is 769. The molecule has 144 valence electrons. The van der Waals surface area contributed by atoms with Gasteiger partial charge in [-0.2, -0.15) is 4.31 Å². The van der Waals surface area contributed by atoms with Gasteiger partial charge in [-0.05, 0) is 37.8 Å². The molecule has 1 aromatic rings. The molecule has 0 saturated carbocycles. The van der Waals surface area contributed by atoms with Crippen molar-refractivity contribution in [2.75, 3.05) is 38.7 Å². The summed E-state index contributed by atoms with van der Waals surface area (Å²) in [4.78, 5) is 12.6. The summed E-state index contributed by atoms with van der Waals surface area (Å²) in [6.07, 6.45) is 2.60. The van der Waals surface area contributed by atoms with Gasteiger partial charge >= 0.3 is 0 Å². The average molecular weight is 383 g/mol. The van der Waals surface area contributed by atoms with E-state index < -0.39 is 15.6 Å². The van der Waals surface area contributed by atoms with E-state index in [2.05, 4.69) is 5.32 Å². The van der Waals surface area contributed by atoms with Gasteiger partial charge in [-0.15, -0.1) is 0 Å². The fourth-order valence-corrected chi connectivity index (χ4v) is 4.90. The summed E-state index contributed by atoms with van der Waals surface area (Å²) >= 11 is 0. The van der Waals surface area contributed by atoms with Crippen LogP contribution in [0.4, 0.5) is 5.69 Å². The van der Waals surface area contributed by atoms with Crippen LogP contribution in [0.15, 0.2) is 23.1 Å². The first-order chi connectivity index (χ1) is 12.4. The Kier molecular flexibility index (Phi) is 5.52. The summed E-state index contributed by atoms with van der Waals surface area (Å²) < 4.78 is 37.5. The molecule has 2 aliphatic heterocycles. The number of sulfonamides is 1. The summed E-state index contributed by atoms with van der Waals surface area (Å²) in [7, 11) is -2.20. The van der Waals surface area contributed by atoms with Crippen LogP contribution in [0.5, 0.6) is 5.75 Å². The molecule has 0 aliphatic carbocycles. The minimum absolute atomic E-state index is 0.105. The van der Waals surface area contributed by atoms with Gasteiger partial charge in [0, 0.05) is 38.1 Å². The Morgan fingerprint density at radius 1 is 1.27 bits per heavy atom. The molecular formula is C17H25N3O5S. The Labute approximate surface area is 153 Å². The second-order valence-corrected chi connectivity index (χ2v) is 8.61. The first-order valence-electron chi connectivity index (χ1n) is 8.73. The van der Waals surface area contributed by atoms with Crippen LogP contribution in [0.2, 0.25) is 0 Å². The number of ether oxygens (including phenoxy) is 2. The molecule has 1 amide bonds. The highest BCUT2D eigenvalue weighted by molar-refractivity contribution is 7.89. The third-order valence-corrected chi connectivity index (χ3v) is 6.88. The fourth-order valence-electron chi connectivity index (χ4n) is 3.24. The van der Waals surface area contributed by atoms with E-state index in [1.165, 1.54) is 23.5 Å². The van der Waals surface area contributed by atoms with Crippen LogP contribution in [-0.4, -0.2) is 57.6 Å². The summed E-state index contributed by atoms with van der Waals surface area (Å²) in [5, 5.41) is 2.77. The molecule has 9 heteroatoms. The summed E-state index contributed by atoms with van der Waals surface area (Å²) in [5.41, 5.74) is 5.64. The maximum Gasteiger partial charge on any atom is 0.246 e. The van der Waals surface area contributed by atoms with Crippen LogP contribution in [0.25, 0.3) is 0 Å². The number of nitrogens with zero attached hydrogens (tertiary/aromatic N) is 1. The van der Waals surface area contributed by atoms with Gasteiger partial charge < -0.3 is 20.5 Å². The maximum atomic E-state index is 12.8. The molecule has 0 bridgehead atoms. The number of anilines is 1. The van der Waals surface area contributed by atoms with Gasteiger partial charge in [0.15, 0.2) is 0 Å². The highest BCUT2D eigenvalue weighted by Gasteiger charge is 2.36. The molecular weight excluding hydrogens is 358 g/mol. The van der Waals surface area contributed by atoms with E-state index in [-0.39, 0.29) is 16.6 Å². The molecule has 2 fully saturated rings. The first kappa shape index (κ1) is 19.1. The smallest absolute Gasteiger partial charge is 0.246 e. The number of rotatable bonds is 5. The maximum absolute atomic E-state index is 12.8. The molecule has 0 aromatic heterocycles. The Balaban J connectivity index is 1.81. The van der Waals surface area contributed by atoms with Crippen molar-refractivity contribution < 1.29 is 22.7 Å². The Morgan fingerprint density at radius 2 is 1.92 bits per heavy atom. The quantitative estimate of drug-likeness (QED) is 0.782. The third-order valence-electron chi connectivity index (χ3n) is 4.94. The van der Waals surface area contributed by atoms with E-state index in [0.29, 0.717) is 44.8 Å². The van der Waals surface area contributed by atoms with Gasteiger partial charge in [0.1, 0.15) is 16.2 Å². The van der Waals surface area contributed by atoms with Gasteiger partial charge in [-0.1, -0.05) is 0 Å². The topological polar surface area (TPSA) is 111 Å². The zero-order chi connectivity index (χ0) is 18.8. The predicted molar refractivity (Wildman–Crippen MR) is 96.6 cm³/mol. The zero-order valence-electron chi connectivity index (χ0n) is 14.9. The number of methoxy groups -OCH3 is 1. The minimum atomic E-state index is -3.60. The third kappa shape index (κ3) is 3.71. The van der Waals surface area contributed by atoms with Crippen molar-refractivity contribution in [2.24, 2.45) is 5.73 Å². The molecule has 0 unspecified atom stereocenters. The van der Waals surface area contributed by atoms with Gasteiger partial charge in [0.2, 0.25) is 15.9 Å². The average Bonchev–Trinajstić information content (AvgIpc) is 3.17. The second-order valence-electron chi connectivity index (χ2n) is 6.70. The molecule has 3 N–H and O–H groups in total. The van der Waals surface area contributed by atoms with Crippen molar-refractivity contribution in [3.05, 3.63) is 18.2 Å². The van der Waals surface area contributed by atoms with Crippen LogP contribution < -0.4 is 15.8 Å². The number of hydrogen-bond acceptors (Lipinski definition) is 6. The summed E-state index contributed by atoms with van der Waals surface area (Å²) in [6, 6.07) is 4.55. The zero-order valence-corrected chi connectivity index (χ0v) is 15.7. The highest BCUT2D eigenvalue weighted by atomic mass is 32.2. The molecule has 1 aromatic carbocycles. The number of benzene rings is 1. The molecule has 2 saturated heterocycles. The lowest BCUT2D eigenvalue weighted by Gasteiger charge is -2.31. The van der Waals surface area contributed by atoms with Gasteiger partial charge in [0.05, 0.1) is 7.11 Å². The van der Waals surface area contributed by atoms with Crippen molar-refractivity contribution in [1.29, 1.82) is 0 Å². The normalized spacial score (nSPS) is 20.7. The van der Waals surface area contributed by atoms with Crippen LogP contribution >= 0.6 is 0 Å². The van der Waals surface area contributed by atoms with Crippen LogP contribution in [0.3, 0.4) is 0 Å². The SMILES string of the molecule is COc1cc(NC(=O)C2(N)CCOCC2)ccc1S(=O)(=O)N1CCCC1. The lowest BCUT2D eigenvalue weighted by atomic mass is 9.90.